The number of aromatic nitrogens is 3. The molecule has 0 amide bonds. The summed E-state index contributed by atoms with van der Waals surface area (Å²) in [5.41, 5.74) is 15.9. The summed E-state index contributed by atoms with van der Waals surface area (Å²) in [5, 5.41) is 5.44. The number of para-hydroxylation sites is 2. The first-order chi connectivity index (χ1) is 28.2. The monoisotopic (exact) mass is 729 g/mol. The number of fused-ring (bicyclic) bond motifs is 10. The molecule has 0 atom stereocenters. The zero-order chi connectivity index (χ0) is 37.5. The van der Waals surface area contributed by atoms with Crippen LogP contribution in [-0.4, -0.2) is 14.5 Å². The van der Waals surface area contributed by atoms with Gasteiger partial charge in [0, 0.05) is 32.8 Å². The van der Waals surface area contributed by atoms with E-state index in [1.807, 2.05) is 24.3 Å². The molecule has 0 saturated heterocycles. The lowest BCUT2D eigenvalue weighted by molar-refractivity contribution is 0.667. The lowest BCUT2D eigenvalue weighted by Crippen LogP contribution is -1.93. The summed E-state index contributed by atoms with van der Waals surface area (Å²) in [5.74, 6) is 0. The minimum absolute atomic E-state index is 0.676. The second kappa shape index (κ2) is 12.4. The van der Waals surface area contributed by atoms with E-state index in [1.165, 1.54) is 11.1 Å². The smallest absolute Gasteiger partial charge is 0.180 e. The maximum absolute atomic E-state index is 6.63. The first-order valence-corrected chi connectivity index (χ1v) is 19.1. The van der Waals surface area contributed by atoms with Crippen molar-refractivity contribution in [1.82, 2.24) is 14.5 Å². The van der Waals surface area contributed by atoms with Crippen LogP contribution in [0.15, 0.2) is 197 Å². The molecule has 0 aliphatic heterocycles. The third-order valence-corrected chi connectivity index (χ3v) is 11.3. The van der Waals surface area contributed by atoms with Gasteiger partial charge in [-0.1, -0.05) is 121 Å². The summed E-state index contributed by atoms with van der Waals surface area (Å²) >= 11 is 0. The molecule has 0 fully saturated rings. The molecule has 4 aromatic heterocycles. The largest absolute Gasteiger partial charge is 0.455 e. The molecule has 0 aliphatic carbocycles. The van der Waals surface area contributed by atoms with Gasteiger partial charge < -0.3 is 13.4 Å². The van der Waals surface area contributed by atoms with Gasteiger partial charge in [0.2, 0.25) is 0 Å². The predicted molar refractivity (Wildman–Crippen MR) is 233 cm³/mol. The van der Waals surface area contributed by atoms with Crippen molar-refractivity contribution in [3.63, 3.8) is 0 Å². The van der Waals surface area contributed by atoms with E-state index in [0.29, 0.717) is 5.58 Å². The highest BCUT2D eigenvalue weighted by atomic mass is 16.3. The fraction of sp³-hybridized carbons (Fsp3) is 0. The summed E-state index contributed by atoms with van der Waals surface area (Å²) in [6, 6.07) is 64.0. The Morgan fingerprint density at radius 3 is 1.82 bits per heavy atom. The van der Waals surface area contributed by atoms with Gasteiger partial charge in [0.1, 0.15) is 34.3 Å². The van der Waals surface area contributed by atoms with Gasteiger partial charge in [-0.25, -0.2) is 9.97 Å². The third-order valence-electron chi connectivity index (χ3n) is 11.3. The molecule has 266 valence electrons. The number of rotatable bonds is 5. The maximum atomic E-state index is 6.63. The molecule has 4 heterocycles. The minimum Gasteiger partial charge on any atom is -0.455 e. The Hall–Kier alpha value is -7.76. The molecule has 5 heteroatoms. The molecular formula is C52H31N3O2. The summed E-state index contributed by atoms with van der Waals surface area (Å²) in [6.45, 7) is 0. The summed E-state index contributed by atoms with van der Waals surface area (Å²) in [6.07, 6.45) is 1.64. The first-order valence-electron chi connectivity index (χ1n) is 19.1. The third kappa shape index (κ3) is 4.96. The van der Waals surface area contributed by atoms with Crippen LogP contribution in [0.3, 0.4) is 0 Å². The fourth-order valence-corrected chi connectivity index (χ4v) is 8.61. The highest BCUT2D eigenvalue weighted by molar-refractivity contribution is 6.24. The van der Waals surface area contributed by atoms with Crippen molar-refractivity contribution in [3.8, 4) is 50.3 Å². The average Bonchev–Trinajstić information content (AvgIpc) is 3.96. The summed E-state index contributed by atoms with van der Waals surface area (Å²) in [7, 11) is 0. The summed E-state index contributed by atoms with van der Waals surface area (Å²) < 4.78 is 15.5. The highest BCUT2D eigenvalue weighted by Gasteiger charge is 2.20. The van der Waals surface area contributed by atoms with Crippen LogP contribution in [0.1, 0.15) is 0 Å². The van der Waals surface area contributed by atoms with Crippen LogP contribution in [0.5, 0.6) is 0 Å². The Kier molecular flexibility index (Phi) is 6.86. The van der Waals surface area contributed by atoms with Crippen molar-refractivity contribution in [3.05, 3.63) is 188 Å². The van der Waals surface area contributed by atoms with E-state index in [0.717, 1.165) is 99.4 Å². The average molecular weight is 730 g/mol. The van der Waals surface area contributed by atoms with Gasteiger partial charge >= 0.3 is 0 Å². The Labute approximate surface area is 326 Å². The SMILES string of the molecule is c1ccc(-c2ccc(-c3ccc4oc5c(-c6cccc(-c7ccc8c(c7)c7c9oc%10ccccc%10c9ccc7n8-c7ccccc7)c6)ncnc5c4c3)cc2)cc1. The van der Waals surface area contributed by atoms with E-state index < -0.39 is 0 Å². The molecule has 0 radical (unpaired) electrons. The van der Waals surface area contributed by atoms with Gasteiger partial charge in [-0.15, -0.1) is 0 Å². The molecule has 0 unspecified atom stereocenters. The Morgan fingerprint density at radius 2 is 0.965 bits per heavy atom. The Balaban J connectivity index is 0.974. The van der Waals surface area contributed by atoms with Crippen molar-refractivity contribution in [2.75, 3.05) is 0 Å². The van der Waals surface area contributed by atoms with Crippen LogP contribution in [0.25, 0.3) is 116 Å². The molecule has 0 spiro atoms. The summed E-state index contributed by atoms with van der Waals surface area (Å²) in [4.78, 5) is 9.53. The van der Waals surface area contributed by atoms with Crippen LogP contribution in [-0.2, 0) is 0 Å². The lowest BCUT2D eigenvalue weighted by atomic mass is 9.98. The van der Waals surface area contributed by atoms with Crippen LogP contribution in [0.4, 0.5) is 0 Å². The van der Waals surface area contributed by atoms with E-state index in [4.69, 9.17) is 18.8 Å². The fourth-order valence-electron chi connectivity index (χ4n) is 8.61. The molecule has 57 heavy (non-hydrogen) atoms. The Morgan fingerprint density at radius 1 is 0.368 bits per heavy atom. The molecule has 12 rings (SSSR count). The molecule has 12 aromatic rings. The second-order valence-electron chi connectivity index (χ2n) is 14.6. The van der Waals surface area contributed by atoms with Crippen LogP contribution in [0, 0.1) is 0 Å². The molecular weight excluding hydrogens is 699 g/mol. The van der Waals surface area contributed by atoms with Crippen LogP contribution in [0.2, 0.25) is 0 Å². The minimum atomic E-state index is 0.676. The molecule has 5 nitrogen and oxygen atoms in total. The number of hydrogen-bond donors (Lipinski definition) is 0. The lowest BCUT2D eigenvalue weighted by Gasteiger charge is -2.09. The number of furan rings is 2. The molecule has 8 aromatic carbocycles. The van der Waals surface area contributed by atoms with E-state index in [-0.39, 0.29) is 0 Å². The first kappa shape index (κ1) is 31.6. The van der Waals surface area contributed by atoms with Crippen molar-refractivity contribution in [2.24, 2.45) is 0 Å². The van der Waals surface area contributed by atoms with E-state index in [9.17, 15) is 0 Å². The van der Waals surface area contributed by atoms with Crippen LogP contribution >= 0.6 is 0 Å². The van der Waals surface area contributed by atoms with Gasteiger partial charge in [0.25, 0.3) is 0 Å². The molecule has 0 saturated carbocycles. The van der Waals surface area contributed by atoms with Crippen molar-refractivity contribution < 1.29 is 8.83 Å². The van der Waals surface area contributed by atoms with Gasteiger partial charge in [0.05, 0.1) is 16.4 Å². The van der Waals surface area contributed by atoms with E-state index >= 15 is 0 Å². The molecule has 0 N–H and O–H groups in total. The van der Waals surface area contributed by atoms with Crippen molar-refractivity contribution >= 4 is 65.8 Å². The van der Waals surface area contributed by atoms with Gasteiger partial charge in [-0.2, -0.15) is 0 Å². The number of benzene rings is 8. The van der Waals surface area contributed by atoms with Gasteiger partial charge in [-0.05, 0) is 94.0 Å². The van der Waals surface area contributed by atoms with E-state index in [1.54, 1.807) is 6.33 Å². The maximum Gasteiger partial charge on any atom is 0.180 e. The Bertz CT molecular complexity index is 3500. The van der Waals surface area contributed by atoms with Gasteiger partial charge in [0.15, 0.2) is 5.58 Å². The van der Waals surface area contributed by atoms with E-state index in [2.05, 4.69) is 162 Å². The standard InChI is InChI=1S/C52H31N3O2/c1-3-10-32(11-4-1)33-18-20-34(21-19-33)36-23-27-47-43(30-36)50-52(57-47)49(53-31-54-50)38-13-9-12-35(28-38)37-22-25-44-42(29-37)48-45(55(44)39-14-5-2-6-15-39)26-24-41-40-16-7-8-17-46(40)56-51(41)48/h1-31H. The van der Waals surface area contributed by atoms with Crippen molar-refractivity contribution in [1.29, 1.82) is 0 Å². The van der Waals surface area contributed by atoms with Crippen molar-refractivity contribution in [2.45, 2.75) is 0 Å². The topological polar surface area (TPSA) is 57.0 Å². The number of hydrogen-bond acceptors (Lipinski definition) is 4. The highest BCUT2D eigenvalue weighted by Crippen LogP contribution is 2.42. The normalized spacial score (nSPS) is 11.9. The van der Waals surface area contributed by atoms with Gasteiger partial charge in [-0.3, -0.25) is 0 Å². The molecule has 0 aliphatic rings. The number of nitrogens with zero attached hydrogens (tertiary/aromatic N) is 3. The molecule has 0 bridgehead atoms. The quantitative estimate of drug-likeness (QED) is 0.177. The predicted octanol–water partition coefficient (Wildman–Crippen LogP) is 14.0. The zero-order valence-electron chi connectivity index (χ0n) is 30.6. The zero-order valence-corrected chi connectivity index (χ0v) is 30.6. The van der Waals surface area contributed by atoms with Crippen LogP contribution < -0.4 is 0 Å². The second-order valence-corrected chi connectivity index (χ2v) is 14.6.